The highest BCUT2D eigenvalue weighted by molar-refractivity contribution is 5.28. The second-order valence-electron chi connectivity index (χ2n) is 6.30. The Labute approximate surface area is 112 Å². The Kier molecular flexibility index (Phi) is 4.11. The van der Waals surface area contributed by atoms with Gasteiger partial charge in [0.05, 0.1) is 0 Å². The van der Waals surface area contributed by atoms with Gasteiger partial charge in [-0.25, -0.2) is 0 Å². The van der Waals surface area contributed by atoms with E-state index in [9.17, 15) is 0 Å². The largest absolute Gasteiger partial charge is 0.321 e. The Balaban J connectivity index is 2.17. The summed E-state index contributed by atoms with van der Waals surface area (Å²) in [6, 6.07) is 8.93. The van der Waals surface area contributed by atoms with Gasteiger partial charge in [-0.2, -0.15) is 0 Å². The Morgan fingerprint density at radius 1 is 1.22 bits per heavy atom. The molecule has 0 bridgehead atoms. The van der Waals surface area contributed by atoms with Gasteiger partial charge >= 0.3 is 0 Å². The first kappa shape index (κ1) is 13.6. The van der Waals surface area contributed by atoms with Crippen LogP contribution in [0.15, 0.2) is 24.3 Å². The first-order valence-corrected chi connectivity index (χ1v) is 7.42. The minimum absolute atomic E-state index is 0.166. The maximum atomic E-state index is 6.67. The van der Waals surface area contributed by atoms with Crippen LogP contribution in [-0.2, 0) is 12.0 Å². The number of rotatable bonds is 3. The van der Waals surface area contributed by atoms with Crippen LogP contribution < -0.4 is 5.73 Å². The van der Waals surface area contributed by atoms with Gasteiger partial charge in [-0.3, -0.25) is 0 Å². The van der Waals surface area contributed by atoms with Crippen molar-refractivity contribution in [2.75, 3.05) is 0 Å². The lowest BCUT2D eigenvalue weighted by molar-refractivity contribution is 0.185. The number of nitrogens with two attached hydrogens (primary N) is 1. The van der Waals surface area contributed by atoms with Gasteiger partial charge < -0.3 is 5.73 Å². The molecule has 18 heavy (non-hydrogen) atoms. The van der Waals surface area contributed by atoms with E-state index in [0.29, 0.717) is 5.92 Å². The molecule has 0 spiro atoms. The molecule has 0 aromatic heterocycles. The Morgan fingerprint density at radius 2 is 1.89 bits per heavy atom. The Bertz CT molecular complexity index is 377. The van der Waals surface area contributed by atoms with Gasteiger partial charge in [-0.1, -0.05) is 51.0 Å². The summed E-state index contributed by atoms with van der Waals surface area (Å²) in [4.78, 5) is 0. The van der Waals surface area contributed by atoms with E-state index in [-0.39, 0.29) is 5.54 Å². The molecule has 1 aromatic rings. The summed E-state index contributed by atoms with van der Waals surface area (Å²) >= 11 is 0. The Morgan fingerprint density at radius 3 is 2.44 bits per heavy atom. The first-order valence-electron chi connectivity index (χ1n) is 7.42. The van der Waals surface area contributed by atoms with E-state index in [1.54, 1.807) is 0 Å². The number of hydrogen-bond donors (Lipinski definition) is 1. The lowest BCUT2D eigenvalue weighted by Crippen LogP contribution is -2.43. The zero-order valence-electron chi connectivity index (χ0n) is 12.1. The summed E-state index contributed by atoms with van der Waals surface area (Å²) in [5.41, 5.74) is 9.20. The Hall–Kier alpha value is -0.820. The molecule has 3 atom stereocenters. The molecule has 100 valence electrons. The zero-order chi connectivity index (χ0) is 13.2. The van der Waals surface area contributed by atoms with Gasteiger partial charge in [0.1, 0.15) is 0 Å². The van der Waals surface area contributed by atoms with Gasteiger partial charge in [-0.15, -0.1) is 0 Å². The lowest BCUT2D eigenvalue weighted by atomic mass is 9.70. The molecule has 1 nitrogen and oxygen atoms in total. The van der Waals surface area contributed by atoms with Gasteiger partial charge in [0.25, 0.3) is 0 Å². The molecule has 0 radical (unpaired) electrons. The van der Waals surface area contributed by atoms with Crippen LogP contribution in [0, 0.1) is 11.8 Å². The van der Waals surface area contributed by atoms with E-state index in [0.717, 1.165) is 12.3 Å². The summed E-state index contributed by atoms with van der Waals surface area (Å²) in [7, 11) is 0. The van der Waals surface area contributed by atoms with Crippen molar-refractivity contribution in [3.8, 4) is 0 Å². The summed E-state index contributed by atoms with van der Waals surface area (Å²) in [5.74, 6) is 1.47. The fourth-order valence-corrected chi connectivity index (χ4v) is 3.31. The SMILES string of the molecule is CCc1ccc(C(C)(N)C2CCCC(C)C2)cc1. The van der Waals surface area contributed by atoms with Crippen LogP contribution in [0.4, 0.5) is 0 Å². The average Bonchev–Trinajstić information content (AvgIpc) is 2.39. The predicted octanol–water partition coefficient (Wildman–Crippen LogP) is 4.25. The molecule has 0 aliphatic heterocycles. The van der Waals surface area contributed by atoms with Crippen molar-refractivity contribution in [1.82, 2.24) is 0 Å². The van der Waals surface area contributed by atoms with E-state index in [1.807, 2.05) is 0 Å². The van der Waals surface area contributed by atoms with Crippen molar-refractivity contribution in [1.29, 1.82) is 0 Å². The predicted molar refractivity (Wildman–Crippen MR) is 78.5 cm³/mol. The quantitative estimate of drug-likeness (QED) is 0.846. The van der Waals surface area contributed by atoms with Crippen molar-refractivity contribution in [2.45, 2.75) is 58.4 Å². The van der Waals surface area contributed by atoms with E-state index in [2.05, 4.69) is 45.0 Å². The molecule has 1 saturated carbocycles. The van der Waals surface area contributed by atoms with Crippen molar-refractivity contribution >= 4 is 0 Å². The van der Waals surface area contributed by atoms with Gasteiger partial charge in [-0.05, 0) is 49.1 Å². The van der Waals surface area contributed by atoms with Crippen molar-refractivity contribution in [3.05, 3.63) is 35.4 Å². The average molecular weight is 245 g/mol. The van der Waals surface area contributed by atoms with E-state index >= 15 is 0 Å². The summed E-state index contributed by atoms with van der Waals surface area (Å²) in [6.45, 7) is 6.78. The fourth-order valence-electron chi connectivity index (χ4n) is 3.31. The minimum atomic E-state index is -0.166. The summed E-state index contributed by atoms with van der Waals surface area (Å²) in [5, 5.41) is 0. The van der Waals surface area contributed by atoms with Crippen LogP contribution in [0.1, 0.15) is 57.6 Å². The highest BCUT2D eigenvalue weighted by Gasteiger charge is 2.34. The third kappa shape index (κ3) is 2.77. The molecular weight excluding hydrogens is 218 g/mol. The van der Waals surface area contributed by atoms with Crippen molar-refractivity contribution < 1.29 is 0 Å². The summed E-state index contributed by atoms with van der Waals surface area (Å²) in [6.07, 6.45) is 6.38. The van der Waals surface area contributed by atoms with Crippen LogP contribution in [0.2, 0.25) is 0 Å². The highest BCUT2D eigenvalue weighted by atomic mass is 14.7. The molecule has 1 aliphatic rings. The molecule has 0 amide bonds. The lowest BCUT2D eigenvalue weighted by Gasteiger charge is -2.39. The highest BCUT2D eigenvalue weighted by Crippen LogP contribution is 2.39. The second-order valence-corrected chi connectivity index (χ2v) is 6.30. The standard InChI is InChI=1S/C17H27N/c1-4-14-8-10-15(11-9-14)17(3,18)16-7-5-6-13(2)12-16/h8-11,13,16H,4-7,12,18H2,1-3H3. The number of aryl methyl sites for hydroxylation is 1. The van der Waals surface area contributed by atoms with E-state index < -0.39 is 0 Å². The maximum absolute atomic E-state index is 6.67. The van der Waals surface area contributed by atoms with Crippen molar-refractivity contribution in [3.63, 3.8) is 0 Å². The van der Waals surface area contributed by atoms with E-state index in [1.165, 1.54) is 36.8 Å². The first-order chi connectivity index (χ1) is 8.54. The molecule has 1 aliphatic carbocycles. The second kappa shape index (κ2) is 5.44. The molecule has 1 heteroatoms. The van der Waals surface area contributed by atoms with Crippen molar-refractivity contribution in [2.24, 2.45) is 17.6 Å². The zero-order valence-corrected chi connectivity index (χ0v) is 12.1. The molecule has 1 fully saturated rings. The third-order valence-electron chi connectivity index (χ3n) is 4.77. The maximum Gasteiger partial charge on any atom is 0.0409 e. The molecule has 0 heterocycles. The van der Waals surface area contributed by atoms with Gasteiger partial charge in [0.2, 0.25) is 0 Å². The molecule has 2 N–H and O–H groups in total. The van der Waals surface area contributed by atoms with Crippen LogP contribution in [0.5, 0.6) is 0 Å². The molecule has 1 aromatic carbocycles. The third-order valence-corrected chi connectivity index (χ3v) is 4.77. The molecule has 2 rings (SSSR count). The topological polar surface area (TPSA) is 26.0 Å². The molecule has 3 unspecified atom stereocenters. The van der Waals surface area contributed by atoms with Gasteiger partial charge in [0, 0.05) is 5.54 Å². The van der Waals surface area contributed by atoms with Crippen LogP contribution in [0.3, 0.4) is 0 Å². The minimum Gasteiger partial charge on any atom is -0.321 e. The fraction of sp³-hybridized carbons (Fsp3) is 0.647. The van der Waals surface area contributed by atoms with E-state index in [4.69, 9.17) is 5.73 Å². The van der Waals surface area contributed by atoms with Crippen LogP contribution in [-0.4, -0.2) is 0 Å². The van der Waals surface area contributed by atoms with Crippen LogP contribution >= 0.6 is 0 Å². The number of benzene rings is 1. The molecular formula is C17H27N. The normalized spacial score (nSPS) is 27.8. The summed E-state index contributed by atoms with van der Waals surface area (Å²) < 4.78 is 0. The molecule has 0 saturated heterocycles. The van der Waals surface area contributed by atoms with Crippen LogP contribution in [0.25, 0.3) is 0 Å². The smallest absolute Gasteiger partial charge is 0.0409 e. The monoisotopic (exact) mass is 245 g/mol. The number of hydrogen-bond acceptors (Lipinski definition) is 1. The van der Waals surface area contributed by atoms with Gasteiger partial charge in [0.15, 0.2) is 0 Å².